The molecule has 28 heavy (non-hydrogen) atoms. The summed E-state index contributed by atoms with van der Waals surface area (Å²) in [4.78, 5) is 10.1. The molecular weight excluding hydrogens is 490 g/mol. The Morgan fingerprint density at radius 2 is 2.04 bits per heavy atom. The first-order chi connectivity index (χ1) is 12.8. The molecule has 0 radical (unpaired) electrons. The molecule has 0 bridgehead atoms. The van der Waals surface area contributed by atoms with Crippen LogP contribution in [0.2, 0.25) is 0 Å². The molecule has 7 nitrogen and oxygen atoms in total. The second-order valence-electron chi connectivity index (χ2n) is 5.91. The Balaban J connectivity index is 0.00000729. The number of guanidine groups is 1. The van der Waals surface area contributed by atoms with Crippen LogP contribution in [0.3, 0.4) is 0 Å². The summed E-state index contributed by atoms with van der Waals surface area (Å²) in [5.74, 6) is 0.544. The minimum Gasteiger partial charge on any atom is -0.468 e. The van der Waals surface area contributed by atoms with Gasteiger partial charge in [0.25, 0.3) is 0 Å². The van der Waals surface area contributed by atoms with Crippen molar-refractivity contribution >= 4 is 29.9 Å². The van der Waals surface area contributed by atoms with Gasteiger partial charge in [-0.25, -0.2) is 4.98 Å². The number of alkyl halides is 3. The van der Waals surface area contributed by atoms with Crippen molar-refractivity contribution < 1.29 is 22.6 Å². The van der Waals surface area contributed by atoms with E-state index in [1.165, 1.54) is 12.3 Å². The lowest BCUT2D eigenvalue weighted by Crippen LogP contribution is -2.40. The minimum atomic E-state index is -4.39. The van der Waals surface area contributed by atoms with E-state index in [0.717, 1.165) is 31.7 Å². The number of likely N-dealkylation sites (N-methyl/N-ethyl adjacent to an activating group) is 1. The quantitative estimate of drug-likeness (QED) is 0.203. The van der Waals surface area contributed by atoms with Gasteiger partial charge >= 0.3 is 6.18 Å². The second-order valence-corrected chi connectivity index (χ2v) is 5.91. The average Bonchev–Trinajstić information content (AvgIpc) is 2.63. The lowest BCUT2D eigenvalue weighted by atomic mass is 10.2. The molecule has 11 heteroatoms. The van der Waals surface area contributed by atoms with Crippen molar-refractivity contribution in [3.63, 3.8) is 0 Å². The topological polar surface area (TPSA) is 71.0 Å². The van der Waals surface area contributed by atoms with Gasteiger partial charge in [-0.05, 0) is 25.1 Å². The van der Waals surface area contributed by atoms with Gasteiger partial charge in [-0.2, -0.15) is 13.2 Å². The number of methoxy groups -OCH3 is 1. The van der Waals surface area contributed by atoms with Gasteiger partial charge in [-0.1, -0.05) is 0 Å². The highest BCUT2D eigenvalue weighted by Gasteiger charge is 2.28. The SMILES string of the molecule is CN=C(NCCN(C)CCCOC)NCc1ccnc(OCC(F)(F)F)c1.I. The molecule has 0 saturated carbocycles. The Morgan fingerprint density at radius 3 is 2.68 bits per heavy atom. The Bertz CT molecular complexity index is 576. The normalized spacial score (nSPS) is 11.9. The maximum atomic E-state index is 12.2. The molecule has 1 rings (SSSR count). The number of pyridine rings is 1. The van der Waals surface area contributed by atoms with Gasteiger partial charge in [0.2, 0.25) is 5.88 Å². The van der Waals surface area contributed by atoms with Gasteiger partial charge in [-0.15, -0.1) is 24.0 Å². The fourth-order valence-corrected chi connectivity index (χ4v) is 2.16. The number of hydrogen-bond donors (Lipinski definition) is 2. The largest absolute Gasteiger partial charge is 0.468 e. The van der Waals surface area contributed by atoms with Crippen LogP contribution in [-0.4, -0.2) is 76.1 Å². The van der Waals surface area contributed by atoms with E-state index in [0.29, 0.717) is 19.0 Å². The van der Waals surface area contributed by atoms with E-state index in [2.05, 4.69) is 30.2 Å². The zero-order chi connectivity index (χ0) is 20.1. The summed E-state index contributed by atoms with van der Waals surface area (Å²) in [6.07, 6.45) is -2.01. The smallest absolute Gasteiger partial charge is 0.422 e. The molecule has 0 spiro atoms. The van der Waals surface area contributed by atoms with Crippen LogP contribution in [-0.2, 0) is 11.3 Å². The molecule has 1 aromatic rings. The van der Waals surface area contributed by atoms with Crippen LogP contribution in [0.5, 0.6) is 5.88 Å². The monoisotopic (exact) mass is 519 g/mol. The van der Waals surface area contributed by atoms with Crippen molar-refractivity contribution in [2.75, 3.05) is 54.1 Å². The van der Waals surface area contributed by atoms with Crippen LogP contribution in [0.4, 0.5) is 13.2 Å². The Hall–Kier alpha value is -1.34. The second kappa shape index (κ2) is 14.6. The molecule has 0 aliphatic carbocycles. The Labute approximate surface area is 181 Å². The maximum Gasteiger partial charge on any atom is 0.422 e. The van der Waals surface area contributed by atoms with Crippen molar-refractivity contribution in [1.82, 2.24) is 20.5 Å². The third-order valence-electron chi connectivity index (χ3n) is 3.54. The fraction of sp³-hybridized carbons (Fsp3) is 0.647. The first kappa shape index (κ1) is 26.7. The van der Waals surface area contributed by atoms with E-state index in [1.54, 1.807) is 20.2 Å². The molecule has 0 saturated heterocycles. The number of nitrogens with one attached hydrogen (secondary N) is 2. The van der Waals surface area contributed by atoms with Crippen molar-refractivity contribution in [3.8, 4) is 5.88 Å². The molecule has 0 amide bonds. The number of halogens is 4. The van der Waals surface area contributed by atoms with E-state index in [4.69, 9.17) is 4.74 Å². The van der Waals surface area contributed by atoms with Crippen molar-refractivity contribution in [1.29, 1.82) is 0 Å². The lowest BCUT2D eigenvalue weighted by molar-refractivity contribution is -0.154. The molecule has 0 aromatic carbocycles. The van der Waals surface area contributed by atoms with Crippen LogP contribution < -0.4 is 15.4 Å². The molecule has 0 unspecified atom stereocenters. The molecule has 0 fully saturated rings. The Morgan fingerprint density at radius 1 is 1.29 bits per heavy atom. The van der Waals surface area contributed by atoms with Crippen molar-refractivity contribution in [3.05, 3.63) is 23.9 Å². The predicted molar refractivity (Wildman–Crippen MR) is 113 cm³/mol. The van der Waals surface area contributed by atoms with Crippen LogP contribution in [0.15, 0.2) is 23.3 Å². The first-order valence-electron chi connectivity index (χ1n) is 8.60. The van der Waals surface area contributed by atoms with Gasteiger partial charge in [0.1, 0.15) is 0 Å². The molecule has 2 N–H and O–H groups in total. The van der Waals surface area contributed by atoms with Crippen molar-refractivity contribution in [2.45, 2.75) is 19.1 Å². The molecule has 0 aliphatic heterocycles. The summed E-state index contributed by atoms with van der Waals surface area (Å²) < 4.78 is 46.3. The standard InChI is InChI=1S/C17H28F3N5O2.HI/c1-21-16(23-7-9-25(2)8-4-10-26-3)24-12-14-5-6-22-15(11-14)27-13-17(18,19)20;/h5-6,11H,4,7-10,12-13H2,1-3H3,(H2,21,23,24);1H. The fourth-order valence-electron chi connectivity index (χ4n) is 2.16. The molecule has 162 valence electrons. The summed E-state index contributed by atoms with van der Waals surface area (Å²) in [6.45, 7) is 2.25. The molecule has 1 heterocycles. The summed E-state index contributed by atoms with van der Waals surface area (Å²) in [7, 11) is 5.38. The highest BCUT2D eigenvalue weighted by atomic mass is 127. The number of rotatable bonds is 11. The number of hydrogen-bond acceptors (Lipinski definition) is 5. The highest BCUT2D eigenvalue weighted by Crippen LogP contribution is 2.17. The van der Waals surface area contributed by atoms with E-state index in [9.17, 15) is 13.2 Å². The number of ether oxygens (including phenoxy) is 2. The molecular formula is C17H29F3IN5O2. The van der Waals surface area contributed by atoms with Crippen LogP contribution >= 0.6 is 24.0 Å². The molecule has 0 aliphatic rings. The molecule has 0 atom stereocenters. The first-order valence-corrected chi connectivity index (χ1v) is 8.60. The van der Waals surface area contributed by atoms with E-state index < -0.39 is 12.8 Å². The maximum absolute atomic E-state index is 12.2. The van der Waals surface area contributed by atoms with E-state index >= 15 is 0 Å². The average molecular weight is 519 g/mol. The van der Waals surface area contributed by atoms with E-state index in [-0.39, 0.29) is 29.9 Å². The van der Waals surface area contributed by atoms with Crippen molar-refractivity contribution in [2.24, 2.45) is 4.99 Å². The number of aromatic nitrogens is 1. The minimum absolute atomic E-state index is 0. The van der Waals surface area contributed by atoms with Crippen LogP contribution in [0.25, 0.3) is 0 Å². The van der Waals surface area contributed by atoms with Gasteiger partial charge in [0, 0.05) is 59.2 Å². The van der Waals surface area contributed by atoms with Gasteiger partial charge in [-0.3, -0.25) is 4.99 Å². The zero-order valence-electron chi connectivity index (χ0n) is 16.4. The summed E-state index contributed by atoms with van der Waals surface area (Å²) in [5.41, 5.74) is 0.738. The summed E-state index contributed by atoms with van der Waals surface area (Å²) in [5, 5.41) is 6.30. The van der Waals surface area contributed by atoms with Gasteiger partial charge in [0.15, 0.2) is 12.6 Å². The predicted octanol–water partition coefficient (Wildman–Crippen LogP) is 2.27. The Kier molecular flexibility index (Phi) is 13.9. The summed E-state index contributed by atoms with van der Waals surface area (Å²) >= 11 is 0. The third-order valence-corrected chi connectivity index (χ3v) is 3.54. The van der Waals surface area contributed by atoms with E-state index in [1.807, 2.05) is 7.05 Å². The zero-order valence-corrected chi connectivity index (χ0v) is 18.7. The highest BCUT2D eigenvalue weighted by molar-refractivity contribution is 14.0. The number of aliphatic imine (C=N–C) groups is 1. The van der Waals surface area contributed by atoms with Gasteiger partial charge in [0.05, 0.1) is 0 Å². The van der Waals surface area contributed by atoms with Crippen LogP contribution in [0.1, 0.15) is 12.0 Å². The van der Waals surface area contributed by atoms with Crippen LogP contribution in [0, 0.1) is 0 Å². The molecule has 1 aromatic heterocycles. The lowest BCUT2D eigenvalue weighted by Gasteiger charge is -2.18. The third kappa shape index (κ3) is 12.9. The summed E-state index contributed by atoms with van der Waals surface area (Å²) in [6, 6.07) is 3.17. The number of nitrogens with zero attached hydrogens (tertiary/aromatic N) is 3. The van der Waals surface area contributed by atoms with Gasteiger partial charge < -0.3 is 25.0 Å².